The molecule has 1 saturated heterocycles. The molecule has 0 aromatic heterocycles. The van der Waals surface area contributed by atoms with Gasteiger partial charge in [0.25, 0.3) is 0 Å². The highest BCUT2D eigenvalue weighted by molar-refractivity contribution is 7.80. The van der Waals surface area contributed by atoms with E-state index in [-0.39, 0.29) is 6.10 Å². The first kappa shape index (κ1) is 18.8. The molecule has 138 valence electrons. The molecule has 1 aliphatic rings. The van der Waals surface area contributed by atoms with E-state index in [1.165, 1.54) is 11.1 Å². The van der Waals surface area contributed by atoms with E-state index in [2.05, 4.69) is 65.2 Å². The van der Waals surface area contributed by atoms with E-state index in [1.54, 1.807) is 4.90 Å². The van der Waals surface area contributed by atoms with Crippen molar-refractivity contribution in [1.82, 2.24) is 10.6 Å². The number of quaternary nitrogens is 1. The highest BCUT2D eigenvalue weighted by atomic mass is 32.1. The van der Waals surface area contributed by atoms with Crippen molar-refractivity contribution >= 4 is 17.3 Å². The maximum Gasteiger partial charge on any atom is 0.166 e. The van der Waals surface area contributed by atoms with Crippen molar-refractivity contribution in [3.8, 4) is 0 Å². The lowest BCUT2D eigenvalue weighted by Crippen LogP contribution is -3.13. The van der Waals surface area contributed by atoms with Crippen LogP contribution in [0.2, 0.25) is 0 Å². The normalized spacial score (nSPS) is 19.7. The summed E-state index contributed by atoms with van der Waals surface area (Å²) in [6.07, 6.45) is 1.17. The van der Waals surface area contributed by atoms with E-state index in [0.717, 1.165) is 45.8 Å². The van der Waals surface area contributed by atoms with Crippen molar-refractivity contribution < 1.29 is 9.64 Å². The Hall–Kier alpha value is -1.95. The average molecular weight is 371 g/mol. The van der Waals surface area contributed by atoms with Gasteiger partial charge in [-0.2, -0.15) is 0 Å². The Morgan fingerprint density at radius 1 is 1.00 bits per heavy atom. The Labute approximate surface area is 161 Å². The van der Waals surface area contributed by atoms with Crippen molar-refractivity contribution in [3.05, 3.63) is 71.8 Å². The first-order chi connectivity index (χ1) is 12.8. The zero-order valence-electron chi connectivity index (χ0n) is 15.1. The molecule has 1 fully saturated rings. The predicted octanol–water partition coefficient (Wildman–Crippen LogP) is 1.18. The molecule has 0 spiro atoms. The molecule has 26 heavy (non-hydrogen) atoms. The van der Waals surface area contributed by atoms with Gasteiger partial charge in [0.15, 0.2) is 5.11 Å². The molecule has 5 heteroatoms. The summed E-state index contributed by atoms with van der Waals surface area (Å²) in [4.78, 5) is 1.57. The monoisotopic (exact) mass is 370 g/mol. The fourth-order valence-electron chi connectivity index (χ4n) is 3.26. The summed E-state index contributed by atoms with van der Waals surface area (Å²) in [6, 6.07) is 21.1. The first-order valence-corrected chi connectivity index (χ1v) is 9.75. The maximum atomic E-state index is 5.90. The molecule has 3 rings (SSSR count). The van der Waals surface area contributed by atoms with Crippen LogP contribution < -0.4 is 15.5 Å². The second-order valence-electron chi connectivity index (χ2n) is 6.73. The summed E-state index contributed by atoms with van der Waals surface area (Å²) in [5.41, 5.74) is 2.70. The molecule has 0 saturated carbocycles. The van der Waals surface area contributed by atoms with Crippen molar-refractivity contribution in [1.29, 1.82) is 0 Å². The second kappa shape index (κ2) is 10.3. The van der Waals surface area contributed by atoms with Gasteiger partial charge < -0.3 is 20.3 Å². The highest BCUT2D eigenvalue weighted by Crippen LogP contribution is 1.99. The number of hydrogen-bond acceptors (Lipinski definition) is 2. The zero-order valence-corrected chi connectivity index (χ0v) is 15.9. The molecule has 2 atom stereocenters. The summed E-state index contributed by atoms with van der Waals surface area (Å²) in [5, 5.41) is 7.29. The van der Waals surface area contributed by atoms with Crippen LogP contribution in [0.4, 0.5) is 0 Å². The van der Waals surface area contributed by atoms with Gasteiger partial charge in [-0.1, -0.05) is 60.7 Å². The van der Waals surface area contributed by atoms with Gasteiger partial charge in [0.1, 0.15) is 25.7 Å². The second-order valence-corrected chi connectivity index (χ2v) is 7.14. The molecule has 1 heterocycles. The van der Waals surface area contributed by atoms with E-state index < -0.39 is 0 Å². The van der Waals surface area contributed by atoms with Crippen LogP contribution in [0.25, 0.3) is 0 Å². The summed E-state index contributed by atoms with van der Waals surface area (Å²) in [6.45, 7) is 5.53. The third-order valence-electron chi connectivity index (χ3n) is 4.65. The Balaban J connectivity index is 1.34. The molecular formula is C21H28N3OS+. The number of morpholine rings is 1. The van der Waals surface area contributed by atoms with E-state index in [4.69, 9.17) is 17.0 Å². The van der Waals surface area contributed by atoms with Crippen LogP contribution in [0.15, 0.2) is 60.7 Å². The lowest BCUT2D eigenvalue weighted by Gasteiger charge is -2.30. The number of benzene rings is 2. The predicted molar refractivity (Wildman–Crippen MR) is 109 cm³/mol. The summed E-state index contributed by atoms with van der Waals surface area (Å²) in [5.74, 6) is 0. The minimum atomic E-state index is 0.205. The lowest BCUT2D eigenvalue weighted by molar-refractivity contribution is -0.925. The van der Waals surface area contributed by atoms with Crippen LogP contribution in [0, 0.1) is 0 Å². The van der Waals surface area contributed by atoms with Gasteiger partial charge in [-0.3, -0.25) is 0 Å². The van der Waals surface area contributed by atoms with Gasteiger partial charge in [0.05, 0.1) is 6.61 Å². The van der Waals surface area contributed by atoms with Gasteiger partial charge in [-0.15, -0.1) is 0 Å². The van der Waals surface area contributed by atoms with Crippen molar-refractivity contribution in [2.24, 2.45) is 0 Å². The van der Waals surface area contributed by atoms with Gasteiger partial charge in [-0.25, -0.2) is 0 Å². The number of hydrogen-bond donors (Lipinski definition) is 3. The van der Waals surface area contributed by atoms with Crippen LogP contribution in [0.3, 0.4) is 0 Å². The minimum Gasteiger partial charge on any atom is -0.365 e. The molecule has 0 amide bonds. The lowest BCUT2D eigenvalue weighted by atomic mass is 10.1. The Kier molecular flexibility index (Phi) is 7.43. The number of ether oxygens (including phenoxy) is 1. The fraction of sp³-hybridized carbons (Fsp3) is 0.381. The van der Waals surface area contributed by atoms with Gasteiger partial charge in [0, 0.05) is 18.7 Å². The molecule has 3 N–H and O–H groups in total. The number of rotatable bonds is 7. The molecule has 2 aromatic rings. The van der Waals surface area contributed by atoms with E-state index >= 15 is 0 Å². The SMILES string of the molecule is S=C(NCCc1ccccc1)NC[C@H]1C[NH+](Cc2ccccc2)CCO1. The molecular weight excluding hydrogens is 342 g/mol. The van der Waals surface area contributed by atoms with Crippen LogP contribution in [-0.4, -0.2) is 44.0 Å². The quantitative estimate of drug-likeness (QED) is 0.640. The van der Waals surface area contributed by atoms with E-state index in [1.807, 2.05) is 6.07 Å². The molecule has 1 unspecified atom stereocenters. The molecule has 0 aliphatic carbocycles. The van der Waals surface area contributed by atoms with Gasteiger partial charge in [-0.05, 0) is 24.2 Å². The largest absolute Gasteiger partial charge is 0.365 e. The molecule has 4 nitrogen and oxygen atoms in total. The molecule has 1 aliphatic heterocycles. The van der Waals surface area contributed by atoms with Crippen molar-refractivity contribution in [2.75, 3.05) is 32.8 Å². The molecule has 0 radical (unpaired) electrons. The summed E-state index contributed by atoms with van der Waals surface area (Å²) >= 11 is 5.39. The Morgan fingerprint density at radius 3 is 2.42 bits per heavy atom. The Morgan fingerprint density at radius 2 is 1.69 bits per heavy atom. The smallest absolute Gasteiger partial charge is 0.166 e. The van der Waals surface area contributed by atoms with Gasteiger partial charge in [0.2, 0.25) is 0 Å². The third kappa shape index (κ3) is 6.41. The van der Waals surface area contributed by atoms with Crippen LogP contribution in [0.1, 0.15) is 11.1 Å². The van der Waals surface area contributed by atoms with Gasteiger partial charge >= 0.3 is 0 Å². The maximum absolute atomic E-state index is 5.90. The number of nitrogens with one attached hydrogen (secondary N) is 3. The van der Waals surface area contributed by atoms with Crippen molar-refractivity contribution in [2.45, 2.75) is 19.1 Å². The van der Waals surface area contributed by atoms with Crippen LogP contribution >= 0.6 is 12.2 Å². The highest BCUT2D eigenvalue weighted by Gasteiger charge is 2.23. The average Bonchev–Trinajstić information content (AvgIpc) is 2.68. The summed E-state index contributed by atoms with van der Waals surface area (Å²) in [7, 11) is 0. The Bertz CT molecular complexity index is 665. The number of thiocarbonyl (C=S) groups is 1. The van der Waals surface area contributed by atoms with Crippen molar-refractivity contribution in [3.63, 3.8) is 0 Å². The fourth-order valence-corrected chi connectivity index (χ4v) is 3.45. The summed E-state index contributed by atoms with van der Waals surface area (Å²) < 4.78 is 5.90. The first-order valence-electron chi connectivity index (χ1n) is 9.34. The topological polar surface area (TPSA) is 37.7 Å². The standard InChI is InChI=1S/C21H27N3OS/c26-21(22-12-11-18-7-3-1-4-8-18)23-15-20-17-24(13-14-25-20)16-19-9-5-2-6-10-19/h1-10,20H,11-17H2,(H2,22,23,26)/p+1/t20-/m0/s1. The van der Waals surface area contributed by atoms with Crippen LogP contribution in [-0.2, 0) is 17.7 Å². The van der Waals surface area contributed by atoms with Crippen LogP contribution in [0.5, 0.6) is 0 Å². The zero-order chi connectivity index (χ0) is 18.0. The third-order valence-corrected chi connectivity index (χ3v) is 4.94. The van der Waals surface area contributed by atoms with E-state index in [9.17, 15) is 0 Å². The molecule has 2 aromatic carbocycles. The minimum absolute atomic E-state index is 0.205. The molecule has 0 bridgehead atoms. The van der Waals surface area contributed by atoms with E-state index in [0.29, 0.717) is 5.11 Å².